The van der Waals surface area contributed by atoms with Crippen molar-refractivity contribution in [1.29, 1.82) is 0 Å². The van der Waals surface area contributed by atoms with Gasteiger partial charge >= 0.3 is 33.0 Å². The van der Waals surface area contributed by atoms with Crippen molar-refractivity contribution in [1.82, 2.24) is 0 Å². The van der Waals surface area contributed by atoms with Crippen molar-refractivity contribution in [3.8, 4) is 46.0 Å². The van der Waals surface area contributed by atoms with Gasteiger partial charge in [0.25, 0.3) is 0 Å². The van der Waals surface area contributed by atoms with Crippen LogP contribution < -0.4 is 20.4 Å². The second-order valence-electron chi connectivity index (χ2n) is 12.8. The minimum absolute atomic E-state index is 0. The van der Waals surface area contributed by atoms with E-state index in [2.05, 4.69) is 20.0 Å². The van der Waals surface area contributed by atoms with Crippen LogP contribution in [0.1, 0.15) is 73.6 Å². The van der Waals surface area contributed by atoms with Gasteiger partial charge in [0.15, 0.2) is 0 Å². The summed E-state index contributed by atoms with van der Waals surface area (Å²) in [4.78, 5) is 18.1. The quantitative estimate of drug-likeness (QED) is 0.145. The predicted octanol–water partition coefficient (Wildman–Crippen LogP) is 0.885. The van der Waals surface area contributed by atoms with Gasteiger partial charge in [0.1, 0.15) is 23.0 Å². The van der Waals surface area contributed by atoms with Crippen LogP contribution in [-0.4, -0.2) is 91.4 Å². The molecule has 4 aromatic carbocycles. The third-order valence-electron chi connectivity index (χ3n) is 9.00. The second-order valence-corrected chi connectivity index (χ2v) is 12.8. The van der Waals surface area contributed by atoms with Gasteiger partial charge in [-0.25, -0.2) is 0 Å². The molecule has 0 amide bonds. The molecule has 2 aliphatic rings. The molecule has 0 unspecified atom stereocenters. The zero-order valence-corrected chi connectivity index (χ0v) is 33.0. The fourth-order valence-corrected chi connectivity index (χ4v) is 6.10. The van der Waals surface area contributed by atoms with Gasteiger partial charge in [-0.1, -0.05) is 72.9 Å². The van der Waals surface area contributed by atoms with Crippen LogP contribution in [0, 0.1) is 0 Å². The van der Waals surface area contributed by atoms with E-state index in [1.54, 1.807) is 49.1 Å². The van der Waals surface area contributed by atoms with E-state index in [1.165, 1.54) is 48.5 Å². The van der Waals surface area contributed by atoms with Crippen LogP contribution in [0.2, 0.25) is 0 Å². The SMILES string of the molecule is O.O.O.O.[Ni+2].[Ni+2].[O-]c1cc(O)ccc1C=N[C@@H]1CCCC[C@H]1N=Cc1ccc(O)cc1[O-].[O-]c1cc(O)ccc1C=N[C@@H]1CCCC[C@H]1N=Cc1ccc(O)cc1[O-]. The Balaban J connectivity index is 0. The maximum Gasteiger partial charge on any atom is 2.00 e. The molecule has 58 heavy (non-hydrogen) atoms. The number of nitrogens with zero attached hydrogens (tertiary/aromatic N) is 4. The zero-order chi connectivity index (χ0) is 37.0. The molecule has 0 heterocycles. The molecule has 18 heteroatoms. The monoisotopic (exact) mass is 892 g/mol. The molecule has 0 bridgehead atoms. The summed E-state index contributed by atoms with van der Waals surface area (Å²) < 4.78 is 0. The third kappa shape index (κ3) is 16.0. The Morgan fingerprint density at radius 1 is 0.379 bits per heavy atom. The topological polar surface area (TPSA) is 349 Å². The molecule has 6 rings (SSSR count). The van der Waals surface area contributed by atoms with Gasteiger partial charge in [-0.3, -0.25) is 20.0 Å². The third-order valence-corrected chi connectivity index (χ3v) is 9.00. The van der Waals surface area contributed by atoms with E-state index in [0.717, 1.165) is 51.4 Å². The molecule has 12 N–H and O–H groups in total. The van der Waals surface area contributed by atoms with Gasteiger partial charge in [0, 0.05) is 24.9 Å². The Morgan fingerprint density at radius 2 is 0.569 bits per heavy atom. The van der Waals surface area contributed by atoms with Gasteiger partial charge in [0.05, 0.1) is 24.2 Å². The first-order valence-electron chi connectivity index (χ1n) is 17.2. The fraction of sp³-hybridized carbons (Fsp3) is 0.300. The number of phenols is 4. The summed E-state index contributed by atoms with van der Waals surface area (Å²) in [5.74, 6) is -1.34. The van der Waals surface area contributed by atoms with Crippen molar-refractivity contribution in [3.63, 3.8) is 0 Å². The van der Waals surface area contributed by atoms with E-state index < -0.39 is 0 Å². The number of rotatable bonds is 8. The van der Waals surface area contributed by atoms with Crippen LogP contribution in [-0.2, 0) is 33.0 Å². The number of hydrogen-bond donors (Lipinski definition) is 4. The molecule has 0 radical (unpaired) electrons. The van der Waals surface area contributed by atoms with Crippen LogP contribution in [0.25, 0.3) is 0 Å². The maximum atomic E-state index is 11.8. The van der Waals surface area contributed by atoms with Crippen molar-refractivity contribution < 1.29 is 95.7 Å². The molecule has 2 saturated carbocycles. The van der Waals surface area contributed by atoms with Crippen LogP contribution in [0.3, 0.4) is 0 Å². The van der Waals surface area contributed by atoms with Gasteiger partial charge in [-0.2, -0.15) is 0 Å². The van der Waals surface area contributed by atoms with E-state index in [0.29, 0.717) is 22.3 Å². The molecular weight excluding hydrogens is 846 g/mol. The average molecular weight is 894 g/mol. The first kappa shape index (κ1) is 54.9. The number of aromatic hydroxyl groups is 4. The average Bonchev–Trinajstić information content (AvgIpc) is 3.11. The van der Waals surface area contributed by atoms with Crippen molar-refractivity contribution in [3.05, 3.63) is 95.1 Å². The van der Waals surface area contributed by atoms with Gasteiger partial charge < -0.3 is 62.8 Å². The molecule has 0 aromatic heterocycles. The Labute approximate surface area is 355 Å². The maximum absolute atomic E-state index is 11.8. The summed E-state index contributed by atoms with van der Waals surface area (Å²) in [7, 11) is 0. The summed E-state index contributed by atoms with van der Waals surface area (Å²) in [5.41, 5.74) is 1.71. The van der Waals surface area contributed by atoms with Gasteiger partial charge in [-0.15, -0.1) is 0 Å². The van der Waals surface area contributed by atoms with Gasteiger partial charge in [-0.05, 0) is 96.5 Å². The molecule has 4 atom stereocenters. The number of hydrogen-bond acceptors (Lipinski definition) is 12. The van der Waals surface area contributed by atoms with E-state index >= 15 is 0 Å². The predicted molar refractivity (Wildman–Crippen MR) is 207 cm³/mol. The fourth-order valence-electron chi connectivity index (χ4n) is 6.10. The number of phenolic OH excluding ortho intramolecular Hbond substituents is 4. The van der Waals surface area contributed by atoms with Crippen LogP contribution in [0.15, 0.2) is 92.8 Å². The molecular formula is C40H48N4Ni2O12. The summed E-state index contributed by atoms with van der Waals surface area (Å²) in [5, 5.41) is 84.6. The molecule has 0 aliphatic heterocycles. The largest absolute Gasteiger partial charge is 2.00 e. The normalized spacial score (nSPS) is 18.6. The van der Waals surface area contributed by atoms with Crippen molar-refractivity contribution in [2.75, 3.05) is 0 Å². The van der Waals surface area contributed by atoms with Crippen molar-refractivity contribution in [2.45, 2.75) is 75.5 Å². The van der Waals surface area contributed by atoms with Crippen LogP contribution in [0.4, 0.5) is 0 Å². The molecule has 16 nitrogen and oxygen atoms in total. The summed E-state index contributed by atoms with van der Waals surface area (Å²) in [6.07, 6.45) is 13.8. The molecule has 2 aliphatic carbocycles. The van der Waals surface area contributed by atoms with Gasteiger partial charge in [0.2, 0.25) is 0 Å². The Hall–Kier alpha value is -5.21. The van der Waals surface area contributed by atoms with Crippen LogP contribution >= 0.6 is 0 Å². The van der Waals surface area contributed by atoms with Crippen LogP contribution in [0.5, 0.6) is 46.0 Å². The zero-order valence-electron chi connectivity index (χ0n) is 31.0. The second kappa shape index (κ2) is 26.7. The van der Waals surface area contributed by atoms with Crippen molar-refractivity contribution >= 4 is 24.9 Å². The molecule has 2 fully saturated rings. The number of aliphatic imine (C=N–C) groups is 4. The van der Waals surface area contributed by atoms with E-state index in [9.17, 15) is 40.9 Å². The standard InChI is InChI=1S/2C20H22N2O4.2Ni.4H2O/c2*23-15-7-5-13(19(25)9-15)11-21-17-3-1-2-4-18(17)22-12-14-6-8-16(24)10-20(14)26;;;;;;/h2*5-12,17-18,23-26H,1-4H2;;;4*1H2/q;;2*+2;;;;/p-4/t2*17-,18-;;;;;;/m11....../s1. The molecule has 0 saturated heterocycles. The Kier molecular flexibility index (Phi) is 25.2. The Morgan fingerprint density at radius 3 is 0.741 bits per heavy atom. The summed E-state index contributed by atoms with van der Waals surface area (Å²) >= 11 is 0. The minimum atomic E-state index is -0.273. The van der Waals surface area contributed by atoms with E-state index in [-0.39, 0.29) is 125 Å². The summed E-state index contributed by atoms with van der Waals surface area (Å²) in [6.45, 7) is 0. The first-order chi connectivity index (χ1) is 25.0. The Bertz CT molecular complexity index is 1690. The van der Waals surface area contributed by atoms with E-state index in [1.807, 2.05) is 0 Å². The van der Waals surface area contributed by atoms with Crippen molar-refractivity contribution in [2.24, 2.45) is 20.0 Å². The molecule has 0 spiro atoms. The summed E-state index contributed by atoms with van der Waals surface area (Å²) in [6, 6.07) is 16.4. The van der Waals surface area contributed by atoms with E-state index in [4.69, 9.17) is 0 Å². The molecule has 4 aromatic rings. The first-order valence-corrected chi connectivity index (χ1v) is 17.2. The smallest absolute Gasteiger partial charge is 0.872 e. The minimum Gasteiger partial charge on any atom is -0.872 e. The number of benzene rings is 4. The molecule has 320 valence electrons.